The smallest absolute Gasteiger partial charge is 0.248 e. The standard InChI is InChI=1S/C18H19N3O3/c1-2-24-13-6-3-5-12(11-13)14-7-4-8-16(19-14)21-18(23)15-9-10-17(22)20-15/h3-8,11,15H,2,9-10H2,1H3,(H,20,22)(H,19,21,23)/t15-/m1/s1. The Kier molecular flexibility index (Phi) is 4.74. The molecule has 0 spiro atoms. The van der Waals surface area contributed by atoms with Crippen LogP contribution in [0.3, 0.4) is 0 Å². The zero-order chi connectivity index (χ0) is 16.9. The highest BCUT2D eigenvalue weighted by molar-refractivity contribution is 5.98. The molecule has 2 aromatic rings. The molecule has 3 rings (SSSR count). The van der Waals surface area contributed by atoms with Crippen LogP contribution in [0, 0.1) is 0 Å². The van der Waals surface area contributed by atoms with Crippen molar-refractivity contribution >= 4 is 17.6 Å². The van der Waals surface area contributed by atoms with Gasteiger partial charge < -0.3 is 15.4 Å². The number of rotatable bonds is 5. The molecule has 0 saturated carbocycles. The molecular formula is C18H19N3O3. The van der Waals surface area contributed by atoms with Crippen molar-refractivity contribution in [3.63, 3.8) is 0 Å². The molecule has 24 heavy (non-hydrogen) atoms. The SMILES string of the molecule is CCOc1cccc(-c2cccc(NC(=O)[C@H]3CCC(=O)N3)n2)c1. The van der Waals surface area contributed by atoms with E-state index in [0.29, 0.717) is 25.3 Å². The second kappa shape index (κ2) is 7.12. The lowest BCUT2D eigenvalue weighted by molar-refractivity contribution is -0.122. The van der Waals surface area contributed by atoms with Gasteiger partial charge in [-0.25, -0.2) is 4.98 Å². The monoisotopic (exact) mass is 325 g/mol. The van der Waals surface area contributed by atoms with E-state index in [9.17, 15) is 9.59 Å². The van der Waals surface area contributed by atoms with Gasteiger partial charge in [-0.05, 0) is 37.6 Å². The van der Waals surface area contributed by atoms with Crippen LogP contribution in [0.2, 0.25) is 0 Å². The maximum absolute atomic E-state index is 12.2. The molecule has 1 fully saturated rings. The number of hydrogen-bond acceptors (Lipinski definition) is 4. The van der Waals surface area contributed by atoms with Gasteiger partial charge in [0.1, 0.15) is 17.6 Å². The lowest BCUT2D eigenvalue weighted by Crippen LogP contribution is -2.37. The first-order valence-corrected chi connectivity index (χ1v) is 7.96. The maximum Gasteiger partial charge on any atom is 0.248 e. The van der Waals surface area contributed by atoms with E-state index in [-0.39, 0.29) is 11.8 Å². The number of pyridine rings is 1. The van der Waals surface area contributed by atoms with Crippen molar-refractivity contribution < 1.29 is 14.3 Å². The summed E-state index contributed by atoms with van der Waals surface area (Å²) in [6.45, 7) is 2.53. The Morgan fingerprint density at radius 2 is 2.17 bits per heavy atom. The summed E-state index contributed by atoms with van der Waals surface area (Å²) in [6, 6.07) is 12.6. The highest BCUT2D eigenvalue weighted by Crippen LogP contribution is 2.23. The molecule has 0 radical (unpaired) electrons. The Morgan fingerprint density at radius 1 is 1.33 bits per heavy atom. The fourth-order valence-electron chi connectivity index (χ4n) is 2.60. The molecule has 1 aliphatic heterocycles. The highest BCUT2D eigenvalue weighted by Gasteiger charge is 2.27. The number of nitrogens with one attached hydrogen (secondary N) is 2. The molecule has 6 heteroatoms. The van der Waals surface area contributed by atoms with Crippen LogP contribution in [0.15, 0.2) is 42.5 Å². The second-order valence-electron chi connectivity index (χ2n) is 5.52. The number of nitrogens with zero attached hydrogens (tertiary/aromatic N) is 1. The fraction of sp³-hybridized carbons (Fsp3) is 0.278. The number of benzene rings is 1. The highest BCUT2D eigenvalue weighted by atomic mass is 16.5. The maximum atomic E-state index is 12.2. The predicted octanol–water partition coefficient (Wildman–Crippen LogP) is 2.36. The van der Waals surface area contributed by atoms with Gasteiger partial charge >= 0.3 is 0 Å². The summed E-state index contributed by atoms with van der Waals surface area (Å²) < 4.78 is 5.50. The van der Waals surface area contributed by atoms with E-state index in [4.69, 9.17) is 4.74 Å². The van der Waals surface area contributed by atoms with Gasteiger partial charge in [0.15, 0.2) is 0 Å². The minimum absolute atomic E-state index is 0.0930. The Hall–Kier alpha value is -2.89. The molecule has 2 amide bonds. The van der Waals surface area contributed by atoms with Crippen LogP contribution in [0.25, 0.3) is 11.3 Å². The van der Waals surface area contributed by atoms with Gasteiger partial charge in [-0.1, -0.05) is 18.2 Å². The largest absolute Gasteiger partial charge is 0.494 e. The molecule has 2 N–H and O–H groups in total. The summed E-state index contributed by atoms with van der Waals surface area (Å²) in [5, 5.41) is 5.40. The summed E-state index contributed by atoms with van der Waals surface area (Å²) in [6.07, 6.45) is 0.899. The quantitative estimate of drug-likeness (QED) is 0.884. The molecular weight excluding hydrogens is 306 g/mol. The van der Waals surface area contributed by atoms with Crippen molar-refractivity contribution in [1.29, 1.82) is 0 Å². The topological polar surface area (TPSA) is 80.3 Å². The first kappa shape index (κ1) is 16.0. The van der Waals surface area contributed by atoms with Crippen molar-refractivity contribution in [2.45, 2.75) is 25.8 Å². The second-order valence-corrected chi connectivity index (χ2v) is 5.52. The van der Waals surface area contributed by atoms with Gasteiger partial charge in [0.2, 0.25) is 11.8 Å². The molecule has 1 aliphatic rings. The van der Waals surface area contributed by atoms with Crippen molar-refractivity contribution in [3.8, 4) is 17.0 Å². The Bertz CT molecular complexity index is 761. The molecule has 2 heterocycles. The Balaban J connectivity index is 1.75. The summed E-state index contributed by atoms with van der Waals surface area (Å²) in [5.41, 5.74) is 1.65. The minimum atomic E-state index is -0.482. The van der Waals surface area contributed by atoms with Gasteiger partial charge in [0.05, 0.1) is 12.3 Å². The number of amides is 2. The number of carbonyl (C=O) groups excluding carboxylic acids is 2. The van der Waals surface area contributed by atoms with Crippen LogP contribution in [-0.4, -0.2) is 29.4 Å². The molecule has 0 unspecified atom stereocenters. The van der Waals surface area contributed by atoms with Gasteiger partial charge in [-0.2, -0.15) is 0 Å². The number of carbonyl (C=O) groups is 2. The van der Waals surface area contributed by atoms with E-state index < -0.39 is 6.04 Å². The molecule has 1 atom stereocenters. The van der Waals surface area contributed by atoms with E-state index in [0.717, 1.165) is 17.0 Å². The van der Waals surface area contributed by atoms with Crippen LogP contribution >= 0.6 is 0 Å². The fourth-order valence-corrected chi connectivity index (χ4v) is 2.60. The number of ether oxygens (including phenoxy) is 1. The molecule has 1 saturated heterocycles. The average molecular weight is 325 g/mol. The lowest BCUT2D eigenvalue weighted by Gasteiger charge is -2.11. The summed E-state index contributed by atoms with van der Waals surface area (Å²) in [4.78, 5) is 27.9. The summed E-state index contributed by atoms with van der Waals surface area (Å²) >= 11 is 0. The van der Waals surface area contributed by atoms with E-state index in [1.54, 1.807) is 6.07 Å². The van der Waals surface area contributed by atoms with E-state index >= 15 is 0 Å². The van der Waals surface area contributed by atoms with Crippen LogP contribution in [0.1, 0.15) is 19.8 Å². The van der Waals surface area contributed by atoms with E-state index in [2.05, 4.69) is 15.6 Å². The molecule has 0 bridgehead atoms. The Morgan fingerprint density at radius 3 is 2.92 bits per heavy atom. The third kappa shape index (κ3) is 3.71. The van der Waals surface area contributed by atoms with Gasteiger partial charge in [0, 0.05) is 12.0 Å². The van der Waals surface area contributed by atoms with E-state index in [1.807, 2.05) is 43.3 Å². The molecule has 0 aliphatic carbocycles. The molecule has 124 valence electrons. The van der Waals surface area contributed by atoms with E-state index in [1.165, 1.54) is 0 Å². The Labute approximate surface area is 140 Å². The third-order valence-electron chi connectivity index (χ3n) is 3.75. The van der Waals surface area contributed by atoms with Crippen molar-refractivity contribution in [3.05, 3.63) is 42.5 Å². The molecule has 1 aromatic heterocycles. The normalized spacial score (nSPS) is 16.5. The zero-order valence-electron chi connectivity index (χ0n) is 13.4. The number of anilines is 1. The predicted molar refractivity (Wildman–Crippen MR) is 90.6 cm³/mol. The van der Waals surface area contributed by atoms with Gasteiger partial charge in [0.25, 0.3) is 0 Å². The van der Waals surface area contributed by atoms with Crippen molar-refractivity contribution in [2.75, 3.05) is 11.9 Å². The van der Waals surface area contributed by atoms with Crippen LogP contribution in [0.4, 0.5) is 5.82 Å². The number of aromatic nitrogens is 1. The minimum Gasteiger partial charge on any atom is -0.494 e. The lowest BCUT2D eigenvalue weighted by atomic mass is 10.1. The van der Waals surface area contributed by atoms with Gasteiger partial charge in [-0.3, -0.25) is 9.59 Å². The van der Waals surface area contributed by atoms with Crippen molar-refractivity contribution in [2.24, 2.45) is 0 Å². The van der Waals surface area contributed by atoms with Crippen LogP contribution in [0.5, 0.6) is 5.75 Å². The first-order chi connectivity index (χ1) is 11.7. The molecule has 6 nitrogen and oxygen atoms in total. The van der Waals surface area contributed by atoms with Gasteiger partial charge in [-0.15, -0.1) is 0 Å². The first-order valence-electron chi connectivity index (χ1n) is 7.96. The molecule has 1 aromatic carbocycles. The third-order valence-corrected chi connectivity index (χ3v) is 3.75. The summed E-state index contributed by atoms with van der Waals surface area (Å²) in [7, 11) is 0. The van der Waals surface area contributed by atoms with Crippen LogP contribution in [-0.2, 0) is 9.59 Å². The van der Waals surface area contributed by atoms with Crippen molar-refractivity contribution in [1.82, 2.24) is 10.3 Å². The number of hydrogen-bond donors (Lipinski definition) is 2. The van der Waals surface area contributed by atoms with Crippen LogP contribution < -0.4 is 15.4 Å². The average Bonchev–Trinajstić information content (AvgIpc) is 3.02. The zero-order valence-corrected chi connectivity index (χ0v) is 13.4. The summed E-state index contributed by atoms with van der Waals surface area (Å²) in [5.74, 6) is 0.901.